The van der Waals surface area contributed by atoms with Crippen LogP contribution in [0.3, 0.4) is 0 Å². The van der Waals surface area contributed by atoms with Crippen molar-refractivity contribution in [3.63, 3.8) is 0 Å². The molecule has 1 unspecified atom stereocenters. The lowest BCUT2D eigenvalue weighted by Gasteiger charge is -2.27. The molecule has 2 saturated heterocycles. The van der Waals surface area contributed by atoms with Crippen molar-refractivity contribution in [3.8, 4) is 0 Å². The van der Waals surface area contributed by atoms with E-state index in [0.717, 1.165) is 50.0 Å². The average molecular weight is 497 g/mol. The number of aromatic nitrogens is 5. The molecule has 3 aliphatic rings. The third-order valence-corrected chi connectivity index (χ3v) is 8.14. The first-order valence-corrected chi connectivity index (χ1v) is 13.1. The maximum Gasteiger partial charge on any atom is 0.168 e. The Hall–Kier alpha value is -2.85. The molecular formula is C26H33FN6O3. The lowest BCUT2D eigenvalue weighted by atomic mass is 9.87. The van der Waals surface area contributed by atoms with E-state index in [9.17, 15) is 14.3 Å². The fourth-order valence-electron chi connectivity index (χ4n) is 6.03. The summed E-state index contributed by atoms with van der Waals surface area (Å²) >= 11 is 0. The molecule has 5 heterocycles. The van der Waals surface area contributed by atoms with Crippen LogP contribution in [0.2, 0.25) is 0 Å². The van der Waals surface area contributed by atoms with Gasteiger partial charge in [0, 0.05) is 32.0 Å². The molecule has 1 saturated carbocycles. The zero-order valence-corrected chi connectivity index (χ0v) is 20.6. The molecule has 0 aromatic carbocycles. The fraction of sp³-hybridized carbons (Fsp3) is 0.615. The summed E-state index contributed by atoms with van der Waals surface area (Å²) in [6, 6.07) is 2.48. The molecule has 3 aromatic rings. The number of ketones is 1. The largest absolute Gasteiger partial charge is 0.396 e. The Morgan fingerprint density at radius 3 is 2.81 bits per heavy atom. The van der Waals surface area contributed by atoms with Gasteiger partial charge in [-0.05, 0) is 63.0 Å². The minimum absolute atomic E-state index is 0.0606. The van der Waals surface area contributed by atoms with Gasteiger partial charge in [-0.2, -0.15) is 10.2 Å². The van der Waals surface area contributed by atoms with E-state index in [1.54, 1.807) is 10.7 Å². The van der Waals surface area contributed by atoms with E-state index in [0.29, 0.717) is 41.9 Å². The summed E-state index contributed by atoms with van der Waals surface area (Å²) in [6.45, 7) is 3.25. The minimum atomic E-state index is -1.20. The number of carbonyl (C=O) groups is 1. The number of alkyl halides is 1. The molecular weight excluding hydrogens is 463 g/mol. The Bertz CT molecular complexity index is 1250. The van der Waals surface area contributed by atoms with Crippen molar-refractivity contribution in [2.24, 2.45) is 5.92 Å². The van der Waals surface area contributed by atoms with E-state index in [2.05, 4.69) is 15.1 Å². The third-order valence-electron chi connectivity index (χ3n) is 8.14. The van der Waals surface area contributed by atoms with E-state index < -0.39 is 6.17 Å². The Morgan fingerprint density at radius 1 is 1.28 bits per heavy atom. The Kier molecular flexibility index (Phi) is 6.25. The molecule has 3 fully saturated rings. The van der Waals surface area contributed by atoms with E-state index in [1.807, 2.05) is 23.1 Å². The first kappa shape index (κ1) is 23.5. The molecule has 0 amide bonds. The highest BCUT2D eigenvalue weighted by atomic mass is 19.1. The van der Waals surface area contributed by atoms with Crippen molar-refractivity contribution in [2.75, 3.05) is 24.7 Å². The van der Waals surface area contributed by atoms with Crippen LogP contribution >= 0.6 is 0 Å². The van der Waals surface area contributed by atoms with Crippen LogP contribution < -0.4 is 4.90 Å². The highest BCUT2D eigenvalue weighted by Crippen LogP contribution is 2.34. The first-order chi connectivity index (χ1) is 17.5. The van der Waals surface area contributed by atoms with Crippen molar-refractivity contribution < 1.29 is 19.0 Å². The lowest BCUT2D eigenvalue weighted by Crippen LogP contribution is -2.37. The molecule has 3 aromatic heterocycles. The molecule has 192 valence electrons. The van der Waals surface area contributed by atoms with E-state index >= 15 is 0 Å². The van der Waals surface area contributed by atoms with Crippen LogP contribution in [0, 0.1) is 5.92 Å². The second kappa shape index (κ2) is 9.55. The monoisotopic (exact) mass is 496 g/mol. The summed E-state index contributed by atoms with van der Waals surface area (Å²) in [6.07, 6.45) is 9.81. The zero-order valence-electron chi connectivity index (χ0n) is 20.6. The summed E-state index contributed by atoms with van der Waals surface area (Å²) in [5.74, 6) is 1.13. The molecule has 36 heavy (non-hydrogen) atoms. The van der Waals surface area contributed by atoms with Gasteiger partial charge < -0.3 is 14.7 Å². The van der Waals surface area contributed by atoms with Crippen LogP contribution in [0.15, 0.2) is 24.7 Å². The van der Waals surface area contributed by atoms with Gasteiger partial charge in [0.1, 0.15) is 12.0 Å². The molecule has 9 nitrogen and oxygen atoms in total. The van der Waals surface area contributed by atoms with Gasteiger partial charge in [-0.1, -0.05) is 0 Å². The molecule has 0 radical (unpaired) electrons. The summed E-state index contributed by atoms with van der Waals surface area (Å²) in [5, 5.41) is 18.3. The fourth-order valence-corrected chi connectivity index (χ4v) is 6.03. The second-order valence-electron chi connectivity index (χ2n) is 10.5. The number of carbonyl (C=O) groups excluding carboxylic acids is 1. The van der Waals surface area contributed by atoms with Crippen molar-refractivity contribution in [2.45, 2.75) is 76.2 Å². The summed E-state index contributed by atoms with van der Waals surface area (Å²) < 4.78 is 23.6. The Morgan fingerprint density at radius 2 is 2.11 bits per heavy atom. The number of halogens is 1. The van der Waals surface area contributed by atoms with Crippen LogP contribution in [0.4, 0.5) is 10.2 Å². The number of hydrogen-bond acceptors (Lipinski definition) is 7. The smallest absolute Gasteiger partial charge is 0.168 e. The number of aliphatic hydroxyl groups excluding tert-OH is 1. The van der Waals surface area contributed by atoms with Crippen molar-refractivity contribution in [1.82, 2.24) is 24.4 Å². The Balaban J connectivity index is 1.17. The van der Waals surface area contributed by atoms with Gasteiger partial charge in [0.2, 0.25) is 0 Å². The zero-order chi connectivity index (χ0) is 24.8. The van der Waals surface area contributed by atoms with Gasteiger partial charge in [0.05, 0.1) is 42.2 Å². The molecule has 1 N–H and O–H groups in total. The number of rotatable bonds is 8. The lowest BCUT2D eigenvalue weighted by molar-refractivity contribution is 0.0981. The first-order valence-electron chi connectivity index (χ1n) is 13.1. The maximum atomic E-state index is 14.4. The topological polar surface area (TPSA) is 97.8 Å². The SMILES string of the molecule is CC(F)c1nn([C@H]2CC[C@H](CO)CC2)cc1CCC(=O)c1cnn2ccc(N3C[C@H]4C[C@@H]3CO4)nc12. The summed E-state index contributed by atoms with van der Waals surface area (Å²) in [4.78, 5) is 20.3. The van der Waals surface area contributed by atoms with Gasteiger partial charge in [-0.3, -0.25) is 9.48 Å². The molecule has 0 spiro atoms. The summed E-state index contributed by atoms with van der Waals surface area (Å²) in [5.41, 5.74) is 2.23. The number of nitrogens with zero attached hydrogens (tertiary/aromatic N) is 6. The number of anilines is 1. The highest BCUT2D eigenvalue weighted by Gasteiger charge is 2.39. The molecule has 10 heteroatoms. The van der Waals surface area contributed by atoms with E-state index in [-0.39, 0.29) is 31.0 Å². The third kappa shape index (κ3) is 4.30. The number of aryl methyl sites for hydroxylation is 1. The normalized spacial score (nSPS) is 26.7. The molecule has 2 aliphatic heterocycles. The van der Waals surface area contributed by atoms with Crippen LogP contribution in [-0.4, -0.2) is 67.2 Å². The van der Waals surface area contributed by atoms with Crippen LogP contribution in [0.25, 0.3) is 5.65 Å². The number of ether oxygens (including phenoxy) is 1. The minimum Gasteiger partial charge on any atom is -0.396 e. The Labute approximate surface area is 209 Å². The predicted octanol–water partition coefficient (Wildman–Crippen LogP) is 3.47. The number of fused-ring (bicyclic) bond motifs is 3. The number of morpholine rings is 1. The van der Waals surface area contributed by atoms with Gasteiger partial charge in [-0.25, -0.2) is 13.9 Å². The summed E-state index contributed by atoms with van der Waals surface area (Å²) in [7, 11) is 0. The average Bonchev–Trinajstić information content (AvgIpc) is 3.70. The van der Waals surface area contributed by atoms with Crippen LogP contribution in [0.1, 0.15) is 79.3 Å². The number of Topliss-reactive ketones (excluding diaryl/α,β-unsaturated/α-hetero) is 1. The quantitative estimate of drug-likeness (QED) is 0.477. The molecule has 6 rings (SSSR count). The van der Waals surface area contributed by atoms with Crippen molar-refractivity contribution in [3.05, 3.63) is 41.5 Å². The number of aliphatic hydroxyl groups is 1. The predicted molar refractivity (Wildman–Crippen MR) is 131 cm³/mol. The second-order valence-corrected chi connectivity index (χ2v) is 10.5. The standard InChI is InChI=1S/C26H33FN6O3/c1-16(27)25-18(12-33(30-25)19-5-2-17(14-34)3-6-19)4-7-23(35)22-11-28-32-9-8-24(29-26(22)32)31-13-21-10-20(31)15-36-21/h8-9,11-12,16-17,19-21,34H,2-7,10,13-15H2,1H3/t16?,17-,19-,20-,21-/m1/s1. The van der Waals surface area contributed by atoms with Gasteiger partial charge in [0.15, 0.2) is 11.4 Å². The van der Waals surface area contributed by atoms with E-state index in [1.165, 1.54) is 6.92 Å². The van der Waals surface area contributed by atoms with Crippen LogP contribution in [-0.2, 0) is 11.2 Å². The molecule has 1 aliphatic carbocycles. The van der Waals surface area contributed by atoms with Crippen LogP contribution in [0.5, 0.6) is 0 Å². The van der Waals surface area contributed by atoms with Gasteiger partial charge in [0.25, 0.3) is 0 Å². The van der Waals surface area contributed by atoms with E-state index in [4.69, 9.17) is 9.72 Å². The van der Waals surface area contributed by atoms with Gasteiger partial charge in [-0.15, -0.1) is 0 Å². The van der Waals surface area contributed by atoms with Gasteiger partial charge >= 0.3 is 0 Å². The maximum absolute atomic E-state index is 14.4. The molecule has 2 bridgehead atoms. The number of hydrogen-bond donors (Lipinski definition) is 1. The molecule has 3 atom stereocenters. The highest BCUT2D eigenvalue weighted by molar-refractivity contribution is 6.01. The van der Waals surface area contributed by atoms with Crippen molar-refractivity contribution >= 4 is 17.2 Å². The van der Waals surface area contributed by atoms with Crippen molar-refractivity contribution in [1.29, 1.82) is 0 Å².